The van der Waals surface area contributed by atoms with Crippen molar-refractivity contribution in [2.24, 2.45) is 0 Å². The van der Waals surface area contributed by atoms with Gasteiger partial charge in [-0.15, -0.1) is 0 Å². The third kappa shape index (κ3) is 2.58. The van der Waals surface area contributed by atoms with Gasteiger partial charge in [-0.3, -0.25) is 0 Å². The van der Waals surface area contributed by atoms with Crippen LogP contribution in [0.2, 0.25) is 0 Å². The summed E-state index contributed by atoms with van der Waals surface area (Å²) in [5.41, 5.74) is 6.63. The van der Waals surface area contributed by atoms with Crippen LogP contribution in [0.3, 0.4) is 0 Å². The third-order valence-corrected chi connectivity index (χ3v) is 4.22. The molecule has 6 heteroatoms. The number of ether oxygens (including phenoxy) is 2. The van der Waals surface area contributed by atoms with E-state index in [0.29, 0.717) is 24.9 Å². The number of anilines is 2. The van der Waals surface area contributed by atoms with Crippen LogP contribution >= 0.6 is 0 Å². The lowest BCUT2D eigenvalue weighted by molar-refractivity contribution is -0.00626. The standard InChI is InChI=1S/C14H22N4O2/c1-9-11(15)17-13(10-3-4-10)18-12(9)16-7-14(19-2)5-6-20-8-14/h10H,3-8H2,1-2H3,(H3,15,16,17,18). The summed E-state index contributed by atoms with van der Waals surface area (Å²) in [6.07, 6.45) is 3.22. The van der Waals surface area contributed by atoms with Gasteiger partial charge in [0.05, 0.1) is 6.61 Å². The minimum atomic E-state index is -0.258. The van der Waals surface area contributed by atoms with Crippen molar-refractivity contribution in [1.29, 1.82) is 0 Å². The van der Waals surface area contributed by atoms with Gasteiger partial charge in [0, 0.05) is 38.2 Å². The van der Waals surface area contributed by atoms with Crippen LogP contribution in [0.4, 0.5) is 11.6 Å². The van der Waals surface area contributed by atoms with Gasteiger partial charge in [0.2, 0.25) is 0 Å². The van der Waals surface area contributed by atoms with Crippen molar-refractivity contribution < 1.29 is 9.47 Å². The molecule has 1 saturated carbocycles. The molecule has 0 bridgehead atoms. The summed E-state index contributed by atoms with van der Waals surface area (Å²) in [6.45, 7) is 3.98. The predicted molar refractivity (Wildman–Crippen MR) is 76.8 cm³/mol. The minimum absolute atomic E-state index is 0.258. The first-order valence-electron chi connectivity index (χ1n) is 7.14. The quantitative estimate of drug-likeness (QED) is 0.848. The van der Waals surface area contributed by atoms with Crippen molar-refractivity contribution in [2.45, 2.75) is 37.7 Å². The molecule has 1 aromatic heterocycles. The molecule has 2 aliphatic rings. The van der Waals surface area contributed by atoms with Crippen LogP contribution < -0.4 is 11.1 Å². The summed E-state index contributed by atoms with van der Waals surface area (Å²) < 4.78 is 11.1. The van der Waals surface area contributed by atoms with Crippen molar-refractivity contribution in [1.82, 2.24) is 9.97 Å². The molecule has 3 rings (SSSR count). The Balaban J connectivity index is 1.76. The van der Waals surface area contributed by atoms with E-state index < -0.39 is 0 Å². The van der Waals surface area contributed by atoms with Gasteiger partial charge in [-0.05, 0) is 19.8 Å². The highest BCUT2D eigenvalue weighted by molar-refractivity contribution is 5.55. The number of nitrogens with zero attached hydrogens (tertiary/aromatic N) is 2. The van der Waals surface area contributed by atoms with Gasteiger partial charge in [0.1, 0.15) is 23.1 Å². The van der Waals surface area contributed by atoms with Crippen LogP contribution in [-0.4, -0.2) is 42.4 Å². The van der Waals surface area contributed by atoms with E-state index in [9.17, 15) is 0 Å². The molecule has 0 aromatic carbocycles. The van der Waals surface area contributed by atoms with Gasteiger partial charge in [-0.1, -0.05) is 0 Å². The molecule has 0 spiro atoms. The maximum atomic E-state index is 5.99. The van der Waals surface area contributed by atoms with Crippen molar-refractivity contribution in [2.75, 3.05) is 37.9 Å². The monoisotopic (exact) mass is 278 g/mol. The second kappa shape index (κ2) is 5.18. The van der Waals surface area contributed by atoms with E-state index in [1.165, 1.54) is 0 Å². The van der Waals surface area contributed by atoms with Crippen LogP contribution in [0.15, 0.2) is 0 Å². The Morgan fingerprint density at radius 3 is 2.85 bits per heavy atom. The molecule has 0 radical (unpaired) electrons. The molecule has 3 N–H and O–H groups in total. The first-order valence-corrected chi connectivity index (χ1v) is 7.14. The second-order valence-corrected chi connectivity index (χ2v) is 5.76. The van der Waals surface area contributed by atoms with Crippen LogP contribution in [0.25, 0.3) is 0 Å². The van der Waals surface area contributed by atoms with Crippen molar-refractivity contribution in [3.63, 3.8) is 0 Å². The number of nitrogen functional groups attached to an aromatic ring is 1. The van der Waals surface area contributed by atoms with Crippen LogP contribution in [0, 0.1) is 6.92 Å². The summed E-state index contributed by atoms with van der Waals surface area (Å²) in [5, 5.41) is 3.37. The molecule has 2 heterocycles. The summed E-state index contributed by atoms with van der Waals surface area (Å²) in [5.74, 6) is 2.75. The number of hydrogen-bond donors (Lipinski definition) is 2. The molecule has 2 fully saturated rings. The Labute approximate surface area is 119 Å². The number of hydrogen-bond acceptors (Lipinski definition) is 6. The number of rotatable bonds is 5. The van der Waals surface area contributed by atoms with Gasteiger partial charge in [-0.25, -0.2) is 9.97 Å². The zero-order valence-corrected chi connectivity index (χ0v) is 12.1. The highest BCUT2D eigenvalue weighted by atomic mass is 16.5. The highest BCUT2D eigenvalue weighted by Gasteiger charge is 2.35. The maximum absolute atomic E-state index is 5.99. The molecule has 1 unspecified atom stereocenters. The van der Waals surface area contributed by atoms with Gasteiger partial charge in [0.15, 0.2) is 0 Å². The van der Waals surface area contributed by atoms with E-state index in [-0.39, 0.29) is 5.60 Å². The molecular formula is C14H22N4O2. The molecular weight excluding hydrogens is 256 g/mol. The molecule has 1 aliphatic carbocycles. The molecule has 1 aromatic rings. The Hall–Kier alpha value is -1.40. The summed E-state index contributed by atoms with van der Waals surface area (Å²) in [4.78, 5) is 9.01. The van der Waals surface area contributed by atoms with Crippen LogP contribution in [-0.2, 0) is 9.47 Å². The van der Waals surface area contributed by atoms with Crippen molar-refractivity contribution in [3.8, 4) is 0 Å². The van der Waals surface area contributed by atoms with Crippen molar-refractivity contribution >= 4 is 11.6 Å². The fraction of sp³-hybridized carbons (Fsp3) is 0.714. The number of nitrogens with one attached hydrogen (secondary N) is 1. The largest absolute Gasteiger partial charge is 0.383 e. The predicted octanol–water partition coefficient (Wildman–Crippen LogP) is 1.46. The van der Waals surface area contributed by atoms with Gasteiger partial charge in [0.25, 0.3) is 0 Å². The first kappa shape index (κ1) is 13.6. The second-order valence-electron chi connectivity index (χ2n) is 5.76. The Morgan fingerprint density at radius 2 is 2.25 bits per heavy atom. The fourth-order valence-electron chi connectivity index (χ4n) is 2.45. The van der Waals surface area contributed by atoms with Gasteiger partial charge < -0.3 is 20.5 Å². The summed E-state index contributed by atoms with van der Waals surface area (Å²) in [7, 11) is 1.73. The minimum Gasteiger partial charge on any atom is -0.383 e. The summed E-state index contributed by atoms with van der Waals surface area (Å²) >= 11 is 0. The fourth-order valence-corrected chi connectivity index (χ4v) is 2.45. The molecule has 20 heavy (non-hydrogen) atoms. The van der Waals surface area contributed by atoms with Crippen LogP contribution in [0.1, 0.15) is 36.6 Å². The summed E-state index contributed by atoms with van der Waals surface area (Å²) in [6, 6.07) is 0. The molecule has 0 amide bonds. The Kier molecular flexibility index (Phi) is 3.52. The van der Waals surface area contributed by atoms with E-state index in [0.717, 1.165) is 43.1 Å². The van der Waals surface area contributed by atoms with Crippen molar-refractivity contribution in [3.05, 3.63) is 11.4 Å². The topological polar surface area (TPSA) is 82.3 Å². The lowest BCUT2D eigenvalue weighted by Crippen LogP contribution is -2.40. The van der Waals surface area contributed by atoms with E-state index in [4.69, 9.17) is 15.2 Å². The zero-order chi connectivity index (χ0) is 14.2. The molecule has 1 saturated heterocycles. The number of methoxy groups -OCH3 is 1. The molecule has 6 nitrogen and oxygen atoms in total. The van der Waals surface area contributed by atoms with Gasteiger partial charge in [-0.2, -0.15) is 0 Å². The lowest BCUT2D eigenvalue weighted by atomic mass is 10.0. The van der Waals surface area contributed by atoms with Gasteiger partial charge >= 0.3 is 0 Å². The smallest absolute Gasteiger partial charge is 0.136 e. The normalized spacial score (nSPS) is 25.9. The SMILES string of the molecule is COC1(CNc2nc(C3CC3)nc(N)c2C)CCOC1. The number of nitrogens with two attached hydrogens (primary N) is 1. The molecule has 110 valence electrons. The number of aromatic nitrogens is 2. The maximum Gasteiger partial charge on any atom is 0.136 e. The van der Waals surface area contributed by atoms with Crippen LogP contribution in [0.5, 0.6) is 0 Å². The van der Waals surface area contributed by atoms with E-state index in [1.807, 2.05) is 6.92 Å². The molecule has 1 aliphatic heterocycles. The first-order chi connectivity index (χ1) is 9.63. The lowest BCUT2D eigenvalue weighted by Gasteiger charge is -2.26. The Bertz CT molecular complexity index is 496. The zero-order valence-electron chi connectivity index (χ0n) is 12.1. The molecule has 1 atom stereocenters. The average Bonchev–Trinajstić information content (AvgIpc) is 3.20. The van der Waals surface area contributed by atoms with E-state index >= 15 is 0 Å². The average molecular weight is 278 g/mol. The third-order valence-electron chi connectivity index (χ3n) is 4.22. The Morgan fingerprint density at radius 1 is 1.45 bits per heavy atom. The van der Waals surface area contributed by atoms with E-state index in [1.54, 1.807) is 7.11 Å². The highest BCUT2D eigenvalue weighted by Crippen LogP contribution is 2.39. The van der Waals surface area contributed by atoms with E-state index in [2.05, 4.69) is 15.3 Å².